The molecule has 0 amide bonds. The first-order valence-electron chi connectivity index (χ1n) is 7.40. The maximum Gasteiger partial charge on any atom is 0.340 e. The van der Waals surface area contributed by atoms with Crippen molar-refractivity contribution in [1.29, 1.82) is 0 Å². The van der Waals surface area contributed by atoms with Gasteiger partial charge >= 0.3 is 5.97 Å². The van der Waals surface area contributed by atoms with Gasteiger partial charge in [0, 0.05) is 6.20 Å². The molecule has 9 heteroatoms. The number of hydrogen-bond donors (Lipinski definition) is 1. The molecule has 0 aliphatic heterocycles. The quantitative estimate of drug-likeness (QED) is 0.569. The van der Waals surface area contributed by atoms with Gasteiger partial charge in [-0.1, -0.05) is 18.2 Å². The molecule has 2 aromatic heterocycles. The second-order valence-electron chi connectivity index (χ2n) is 5.11. The van der Waals surface area contributed by atoms with E-state index in [2.05, 4.69) is 25.6 Å². The molecule has 0 saturated carbocycles. The predicted molar refractivity (Wildman–Crippen MR) is 103 cm³/mol. The molecule has 26 heavy (non-hydrogen) atoms. The van der Waals surface area contributed by atoms with Crippen LogP contribution in [0.1, 0.15) is 16.1 Å². The highest BCUT2D eigenvalue weighted by Crippen LogP contribution is 2.28. The van der Waals surface area contributed by atoms with E-state index in [1.54, 1.807) is 42.6 Å². The predicted octanol–water partition coefficient (Wildman–Crippen LogP) is 4.06. The number of nitrogens with zero attached hydrogens (tertiary/aromatic N) is 1. The van der Waals surface area contributed by atoms with Gasteiger partial charge in [-0.05, 0) is 52.3 Å². The average molecular weight is 453 g/mol. The van der Waals surface area contributed by atoms with Crippen LogP contribution in [0.4, 0.5) is 5.69 Å². The molecule has 6 nitrogen and oxygen atoms in total. The van der Waals surface area contributed by atoms with Crippen LogP contribution < -0.4 is 4.72 Å². The maximum atomic E-state index is 12.5. The summed E-state index contributed by atoms with van der Waals surface area (Å²) in [4.78, 5) is 16.5. The highest BCUT2D eigenvalue weighted by Gasteiger charge is 2.21. The summed E-state index contributed by atoms with van der Waals surface area (Å²) in [5, 5.41) is 0. The van der Waals surface area contributed by atoms with Crippen LogP contribution in [0, 0.1) is 0 Å². The Kier molecular flexibility index (Phi) is 5.70. The lowest BCUT2D eigenvalue weighted by atomic mass is 10.2. The zero-order valence-corrected chi connectivity index (χ0v) is 16.5. The van der Waals surface area contributed by atoms with Crippen molar-refractivity contribution < 1.29 is 17.9 Å². The number of benzene rings is 1. The van der Waals surface area contributed by atoms with Crippen LogP contribution in [-0.4, -0.2) is 19.4 Å². The number of halogens is 1. The van der Waals surface area contributed by atoms with E-state index < -0.39 is 16.0 Å². The minimum Gasteiger partial charge on any atom is -0.456 e. The van der Waals surface area contributed by atoms with Gasteiger partial charge in [-0.3, -0.25) is 9.71 Å². The molecule has 0 unspecified atom stereocenters. The van der Waals surface area contributed by atoms with Crippen molar-refractivity contribution in [2.45, 2.75) is 10.8 Å². The van der Waals surface area contributed by atoms with E-state index in [1.807, 2.05) is 0 Å². The van der Waals surface area contributed by atoms with E-state index in [1.165, 1.54) is 18.2 Å². The Morgan fingerprint density at radius 1 is 1.12 bits per heavy atom. The van der Waals surface area contributed by atoms with Crippen LogP contribution in [0.2, 0.25) is 0 Å². The third kappa shape index (κ3) is 4.48. The van der Waals surface area contributed by atoms with Gasteiger partial charge in [0.1, 0.15) is 10.8 Å². The third-order valence-corrected chi connectivity index (χ3v) is 6.76. The summed E-state index contributed by atoms with van der Waals surface area (Å²) in [5.41, 5.74) is 0.882. The van der Waals surface area contributed by atoms with Gasteiger partial charge in [0.15, 0.2) is 0 Å². The molecular weight excluding hydrogens is 440 g/mol. The van der Waals surface area contributed by atoms with Crippen LogP contribution in [0.25, 0.3) is 0 Å². The Labute approximate surface area is 163 Å². The minimum absolute atomic E-state index is 0.00136. The highest BCUT2D eigenvalue weighted by molar-refractivity contribution is 9.11. The second-order valence-corrected chi connectivity index (χ2v) is 9.48. The van der Waals surface area contributed by atoms with Crippen molar-refractivity contribution in [3.63, 3.8) is 0 Å². The van der Waals surface area contributed by atoms with Gasteiger partial charge in [0.2, 0.25) is 0 Å². The van der Waals surface area contributed by atoms with Gasteiger partial charge in [0.25, 0.3) is 10.0 Å². The monoisotopic (exact) mass is 452 g/mol. The number of para-hydroxylation sites is 1. The zero-order valence-electron chi connectivity index (χ0n) is 13.3. The van der Waals surface area contributed by atoms with E-state index in [0.717, 1.165) is 11.3 Å². The average Bonchev–Trinajstić information content (AvgIpc) is 3.08. The fourth-order valence-corrected chi connectivity index (χ4v) is 5.18. The van der Waals surface area contributed by atoms with Gasteiger partial charge in [-0.25, -0.2) is 13.2 Å². The van der Waals surface area contributed by atoms with Crippen molar-refractivity contribution in [3.8, 4) is 0 Å². The summed E-state index contributed by atoms with van der Waals surface area (Å²) in [5.74, 6) is -0.638. The second kappa shape index (κ2) is 7.98. The summed E-state index contributed by atoms with van der Waals surface area (Å²) in [6.45, 7) is -0.00136. The van der Waals surface area contributed by atoms with E-state index in [9.17, 15) is 13.2 Å². The number of ether oxygens (including phenoxy) is 1. The van der Waals surface area contributed by atoms with Crippen LogP contribution >= 0.6 is 27.3 Å². The molecule has 134 valence electrons. The molecule has 0 saturated heterocycles. The number of carbonyl (C=O) groups is 1. The Hall–Kier alpha value is -2.23. The first-order chi connectivity index (χ1) is 12.5. The van der Waals surface area contributed by atoms with Gasteiger partial charge in [-0.2, -0.15) is 0 Å². The number of thiophene rings is 1. The SMILES string of the molecule is O=C(OCc1ccccn1)c1ccccc1NS(=O)(=O)c1ccc(Br)s1. The van der Waals surface area contributed by atoms with Gasteiger partial charge in [-0.15, -0.1) is 11.3 Å². The molecule has 1 aromatic carbocycles. The molecule has 0 bridgehead atoms. The Morgan fingerprint density at radius 3 is 2.58 bits per heavy atom. The Bertz CT molecular complexity index is 1020. The van der Waals surface area contributed by atoms with Crippen molar-refractivity contribution in [2.24, 2.45) is 0 Å². The molecule has 0 aliphatic carbocycles. The number of carbonyl (C=O) groups excluding carboxylic acids is 1. The van der Waals surface area contributed by atoms with Crippen molar-refractivity contribution in [1.82, 2.24) is 4.98 Å². The molecule has 3 rings (SSSR count). The van der Waals surface area contributed by atoms with Crippen LogP contribution in [0.3, 0.4) is 0 Å². The van der Waals surface area contributed by atoms with Crippen LogP contribution in [0.15, 0.2) is 68.8 Å². The Morgan fingerprint density at radius 2 is 1.88 bits per heavy atom. The number of hydrogen-bond acceptors (Lipinski definition) is 6. The number of aromatic nitrogens is 1. The first-order valence-corrected chi connectivity index (χ1v) is 10.5. The first kappa shape index (κ1) is 18.6. The number of esters is 1. The zero-order chi connectivity index (χ0) is 18.6. The molecule has 0 atom stereocenters. The molecule has 0 fully saturated rings. The largest absolute Gasteiger partial charge is 0.456 e. The topological polar surface area (TPSA) is 85.4 Å². The fourth-order valence-electron chi connectivity index (χ4n) is 2.09. The summed E-state index contributed by atoms with van der Waals surface area (Å²) in [7, 11) is -3.80. The van der Waals surface area contributed by atoms with E-state index >= 15 is 0 Å². The van der Waals surface area contributed by atoms with Crippen molar-refractivity contribution in [2.75, 3.05) is 4.72 Å². The summed E-state index contributed by atoms with van der Waals surface area (Å²) in [6.07, 6.45) is 1.60. The number of sulfonamides is 1. The summed E-state index contributed by atoms with van der Waals surface area (Å²) in [6, 6.07) is 14.7. The molecule has 0 radical (unpaired) electrons. The van der Waals surface area contributed by atoms with E-state index in [4.69, 9.17) is 4.74 Å². The fraction of sp³-hybridized carbons (Fsp3) is 0.0588. The smallest absolute Gasteiger partial charge is 0.340 e. The van der Waals surface area contributed by atoms with Crippen LogP contribution in [0.5, 0.6) is 0 Å². The lowest BCUT2D eigenvalue weighted by Gasteiger charge is -2.11. The Balaban J connectivity index is 1.78. The number of nitrogens with one attached hydrogen (secondary N) is 1. The lowest BCUT2D eigenvalue weighted by molar-refractivity contribution is 0.0469. The highest BCUT2D eigenvalue weighted by atomic mass is 79.9. The van der Waals surface area contributed by atoms with Gasteiger partial charge in [0.05, 0.1) is 20.7 Å². The standard InChI is InChI=1S/C17H13BrN2O4S2/c18-15-8-9-16(25-15)26(22,23)20-14-7-2-1-6-13(14)17(21)24-11-12-5-3-4-10-19-12/h1-10,20H,11H2. The summed E-state index contributed by atoms with van der Waals surface area (Å²) >= 11 is 4.31. The number of pyridine rings is 1. The van der Waals surface area contributed by atoms with Crippen LogP contribution in [-0.2, 0) is 21.4 Å². The molecular formula is C17H13BrN2O4S2. The van der Waals surface area contributed by atoms with Crippen molar-refractivity contribution >= 4 is 48.9 Å². The normalized spacial score (nSPS) is 11.1. The lowest BCUT2D eigenvalue weighted by Crippen LogP contribution is -2.15. The maximum absolute atomic E-state index is 12.5. The van der Waals surface area contributed by atoms with E-state index in [0.29, 0.717) is 9.48 Å². The van der Waals surface area contributed by atoms with E-state index in [-0.39, 0.29) is 22.1 Å². The van der Waals surface area contributed by atoms with Gasteiger partial charge < -0.3 is 4.74 Å². The summed E-state index contributed by atoms with van der Waals surface area (Å²) < 4.78 is 33.5. The molecule has 2 heterocycles. The number of anilines is 1. The molecule has 0 aliphatic rings. The molecule has 1 N–H and O–H groups in total. The molecule has 3 aromatic rings. The third-order valence-electron chi connectivity index (χ3n) is 3.28. The molecule has 0 spiro atoms. The van der Waals surface area contributed by atoms with Crippen molar-refractivity contribution in [3.05, 3.63) is 75.8 Å². The number of rotatable bonds is 6. The minimum atomic E-state index is -3.80.